The third kappa shape index (κ3) is 3.38. The summed E-state index contributed by atoms with van der Waals surface area (Å²) in [6.45, 7) is 5.46. The maximum absolute atomic E-state index is 11.5. The standard InChI is InChI=1S/C14H20N2O3/c1-3-15-9-11-4-5-13(18-2)12(8-11)10-16-6-7-19-14(16)17/h4-5,8,15H,3,6-7,9-10H2,1-2H3. The number of nitrogens with zero attached hydrogens (tertiary/aromatic N) is 1. The molecule has 0 aliphatic carbocycles. The number of carbonyl (C=O) groups is 1. The molecular formula is C14H20N2O3. The lowest BCUT2D eigenvalue weighted by molar-refractivity contribution is 0.157. The van der Waals surface area contributed by atoms with Crippen molar-refractivity contribution in [3.8, 4) is 5.75 Å². The van der Waals surface area contributed by atoms with Gasteiger partial charge in [0, 0.05) is 12.1 Å². The van der Waals surface area contributed by atoms with Gasteiger partial charge in [-0.2, -0.15) is 0 Å². The maximum Gasteiger partial charge on any atom is 0.410 e. The third-order valence-electron chi connectivity index (χ3n) is 3.13. The highest BCUT2D eigenvalue weighted by molar-refractivity contribution is 5.69. The number of amides is 1. The van der Waals surface area contributed by atoms with Crippen molar-refractivity contribution in [2.24, 2.45) is 0 Å². The molecule has 1 amide bonds. The summed E-state index contributed by atoms with van der Waals surface area (Å²) in [5.41, 5.74) is 2.20. The van der Waals surface area contributed by atoms with Crippen LogP contribution in [0.15, 0.2) is 18.2 Å². The van der Waals surface area contributed by atoms with Gasteiger partial charge in [-0.1, -0.05) is 13.0 Å². The Bertz CT molecular complexity index is 448. The molecule has 0 bridgehead atoms. The number of benzene rings is 1. The number of nitrogens with one attached hydrogen (secondary N) is 1. The number of methoxy groups -OCH3 is 1. The number of rotatable bonds is 6. The van der Waals surface area contributed by atoms with E-state index < -0.39 is 0 Å². The van der Waals surface area contributed by atoms with Crippen LogP contribution in [0.1, 0.15) is 18.1 Å². The van der Waals surface area contributed by atoms with E-state index in [0.29, 0.717) is 19.7 Å². The second-order valence-corrected chi connectivity index (χ2v) is 4.46. The second kappa shape index (κ2) is 6.43. The molecule has 0 aromatic heterocycles. The van der Waals surface area contributed by atoms with Crippen molar-refractivity contribution in [1.29, 1.82) is 0 Å². The minimum atomic E-state index is -0.251. The van der Waals surface area contributed by atoms with Crippen molar-refractivity contribution in [2.75, 3.05) is 26.8 Å². The van der Waals surface area contributed by atoms with Crippen LogP contribution in [0, 0.1) is 0 Å². The van der Waals surface area contributed by atoms with Gasteiger partial charge in [-0.25, -0.2) is 4.79 Å². The first kappa shape index (κ1) is 13.7. The van der Waals surface area contributed by atoms with Gasteiger partial charge in [0.1, 0.15) is 12.4 Å². The zero-order valence-electron chi connectivity index (χ0n) is 11.4. The number of ether oxygens (including phenoxy) is 2. The highest BCUT2D eigenvalue weighted by Crippen LogP contribution is 2.23. The summed E-state index contributed by atoms with van der Waals surface area (Å²) in [6, 6.07) is 6.06. The Morgan fingerprint density at radius 3 is 2.95 bits per heavy atom. The van der Waals surface area contributed by atoms with Crippen LogP contribution in [0.2, 0.25) is 0 Å². The zero-order chi connectivity index (χ0) is 13.7. The summed E-state index contributed by atoms with van der Waals surface area (Å²) in [5, 5.41) is 3.29. The number of carbonyl (C=O) groups excluding carboxylic acids is 1. The Balaban J connectivity index is 2.13. The summed E-state index contributed by atoms with van der Waals surface area (Å²) in [4.78, 5) is 13.2. The van der Waals surface area contributed by atoms with E-state index in [1.54, 1.807) is 12.0 Å². The van der Waals surface area contributed by atoms with E-state index in [2.05, 4.69) is 18.3 Å². The Kier molecular flexibility index (Phi) is 4.63. The van der Waals surface area contributed by atoms with Crippen LogP contribution in [-0.4, -0.2) is 37.8 Å². The fourth-order valence-corrected chi connectivity index (χ4v) is 2.11. The minimum Gasteiger partial charge on any atom is -0.496 e. The molecular weight excluding hydrogens is 244 g/mol. The van der Waals surface area contributed by atoms with Crippen molar-refractivity contribution in [1.82, 2.24) is 10.2 Å². The van der Waals surface area contributed by atoms with Crippen LogP contribution in [0.25, 0.3) is 0 Å². The first-order valence-electron chi connectivity index (χ1n) is 6.52. The largest absolute Gasteiger partial charge is 0.496 e. The van der Waals surface area contributed by atoms with Gasteiger partial charge in [0.25, 0.3) is 0 Å². The Labute approximate surface area is 113 Å². The van der Waals surface area contributed by atoms with E-state index in [1.165, 1.54) is 5.56 Å². The van der Waals surface area contributed by atoms with Crippen LogP contribution in [0.3, 0.4) is 0 Å². The van der Waals surface area contributed by atoms with E-state index in [-0.39, 0.29) is 6.09 Å². The van der Waals surface area contributed by atoms with Gasteiger partial charge in [0.05, 0.1) is 20.2 Å². The highest BCUT2D eigenvalue weighted by Gasteiger charge is 2.23. The van der Waals surface area contributed by atoms with Crippen molar-refractivity contribution in [2.45, 2.75) is 20.0 Å². The predicted octanol–water partition coefficient (Wildman–Crippen LogP) is 1.76. The monoisotopic (exact) mass is 264 g/mol. The zero-order valence-corrected chi connectivity index (χ0v) is 11.4. The quantitative estimate of drug-likeness (QED) is 0.850. The second-order valence-electron chi connectivity index (χ2n) is 4.46. The SMILES string of the molecule is CCNCc1ccc(OC)c(CN2CCOC2=O)c1. The van der Waals surface area contributed by atoms with Crippen LogP contribution in [0.5, 0.6) is 5.75 Å². The maximum atomic E-state index is 11.5. The van der Waals surface area contributed by atoms with Crippen molar-refractivity contribution < 1.29 is 14.3 Å². The molecule has 19 heavy (non-hydrogen) atoms. The van der Waals surface area contributed by atoms with Gasteiger partial charge in [-0.15, -0.1) is 0 Å². The number of hydrogen-bond acceptors (Lipinski definition) is 4. The summed E-state index contributed by atoms with van der Waals surface area (Å²) in [5.74, 6) is 0.806. The first-order valence-corrected chi connectivity index (χ1v) is 6.52. The molecule has 0 unspecified atom stereocenters. The van der Waals surface area contributed by atoms with Gasteiger partial charge in [0.15, 0.2) is 0 Å². The smallest absolute Gasteiger partial charge is 0.410 e. The summed E-state index contributed by atoms with van der Waals surface area (Å²) < 4.78 is 10.3. The van der Waals surface area contributed by atoms with Gasteiger partial charge >= 0.3 is 6.09 Å². The molecule has 104 valence electrons. The molecule has 1 N–H and O–H groups in total. The van der Waals surface area contributed by atoms with Gasteiger partial charge in [0.2, 0.25) is 0 Å². The normalized spacial score (nSPS) is 14.6. The molecule has 5 heteroatoms. The Morgan fingerprint density at radius 1 is 1.47 bits per heavy atom. The first-order chi connectivity index (χ1) is 9.24. The summed E-state index contributed by atoms with van der Waals surface area (Å²) in [6.07, 6.45) is -0.251. The van der Waals surface area contributed by atoms with E-state index in [9.17, 15) is 4.79 Å². The molecule has 0 spiro atoms. The molecule has 1 fully saturated rings. The topological polar surface area (TPSA) is 50.8 Å². The Morgan fingerprint density at radius 2 is 2.32 bits per heavy atom. The average Bonchev–Trinajstić information content (AvgIpc) is 2.82. The molecule has 1 heterocycles. The van der Waals surface area contributed by atoms with Crippen molar-refractivity contribution in [3.05, 3.63) is 29.3 Å². The van der Waals surface area contributed by atoms with E-state index in [4.69, 9.17) is 9.47 Å². The number of hydrogen-bond donors (Lipinski definition) is 1. The van der Waals surface area contributed by atoms with E-state index in [0.717, 1.165) is 24.4 Å². The van der Waals surface area contributed by atoms with E-state index in [1.807, 2.05) is 12.1 Å². The molecule has 2 rings (SSSR count). The molecule has 5 nitrogen and oxygen atoms in total. The molecule has 1 aromatic carbocycles. The lowest BCUT2D eigenvalue weighted by Gasteiger charge is -2.16. The molecule has 1 aliphatic rings. The minimum absolute atomic E-state index is 0.251. The predicted molar refractivity (Wildman–Crippen MR) is 72.1 cm³/mol. The van der Waals surface area contributed by atoms with Crippen LogP contribution in [0.4, 0.5) is 4.79 Å². The molecule has 0 radical (unpaired) electrons. The van der Waals surface area contributed by atoms with Crippen molar-refractivity contribution in [3.63, 3.8) is 0 Å². The lowest BCUT2D eigenvalue weighted by Crippen LogP contribution is -2.24. The molecule has 1 aliphatic heterocycles. The van der Waals surface area contributed by atoms with Gasteiger partial charge in [-0.05, 0) is 24.2 Å². The van der Waals surface area contributed by atoms with Crippen LogP contribution >= 0.6 is 0 Å². The molecule has 0 saturated carbocycles. The average molecular weight is 264 g/mol. The lowest BCUT2D eigenvalue weighted by atomic mass is 10.1. The fourth-order valence-electron chi connectivity index (χ4n) is 2.11. The summed E-state index contributed by atoms with van der Waals surface area (Å²) in [7, 11) is 1.64. The third-order valence-corrected chi connectivity index (χ3v) is 3.13. The van der Waals surface area contributed by atoms with Gasteiger partial charge < -0.3 is 19.7 Å². The number of cyclic esters (lactones) is 1. The molecule has 1 aromatic rings. The van der Waals surface area contributed by atoms with Crippen LogP contribution < -0.4 is 10.1 Å². The van der Waals surface area contributed by atoms with Crippen molar-refractivity contribution >= 4 is 6.09 Å². The Hall–Kier alpha value is -1.75. The van der Waals surface area contributed by atoms with Gasteiger partial charge in [-0.3, -0.25) is 0 Å². The van der Waals surface area contributed by atoms with E-state index >= 15 is 0 Å². The molecule has 0 atom stereocenters. The van der Waals surface area contributed by atoms with Crippen LogP contribution in [-0.2, 0) is 17.8 Å². The fraction of sp³-hybridized carbons (Fsp3) is 0.500. The molecule has 1 saturated heterocycles. The highest BCUT2D eigenvalue weighted by atomic mass is 16.6. The summed E-state index contributed by atoms with van der Waals surface area (Å²) >= 11 is 0.